The summed E-state index contributed by atoms with van der Waals surface area (Å²) >= 11 is 1.05. The van der Waals surface area contributed by atoms with Crippen LogP contribution in [0.2, 0.25) is 0 Å². The molecule has 0 aliphatic rings. The molecule has 7 nitrogen and oxygen atoms in total. The van der Waals surface area contributed by atoms with E-state index in [2.05, 4.69) is 10.3 Å². The molecule has 2 rings (SSSR count). The second-order valence-corrected chi connectivity index (χ2v) is 6.53. The SMILES string of the molecule is Cc1nc(NC(=O)Cn2c(C)cccc2=O)sc1C(=O)OC(C)C. The molecule has 24 heavy (non-hydrogen) atoms. The van der Waals surface area contributed by atoms with Crippen molar-refractivity contribution >= 4 is 28.3 Å². The molecule has 0 aromatic carbocycles. The highest BCUT2D eigenvalue weighted by atomic mass is 32.1. The summed E-state index contributed by atoms with van der Waals surface area (Å²) in [7, 11) is 0. The number of rotatable bonds is 5. The smallest absolute Gasteiger partial charge is 0.350 e. The van der Waals surface area contributed by atoms with Gasteiger partial charge in [0.2, 0.25) is 5.91 Å². The summed E-state index contributed by atoms with van der Waals surface area (Å²) in [6.07, 6.45) is -0.232. The molecular formula is C16H19N3O4S. The number of esters is 1. The molecule has 0 radical (unpaired) electrons. The first-order valence-corrected chi connectivity index (χ1v) is 8.24. The van der Waals surface area contributed by atoms with Gasteiger partial charge >= 0.3 is 5.97 Å². The third-order valence-electron chi connectivity index (χ3n) is 3.14. The Morgan fingerprint density at radius 1 is 1.33 bits per heavy atom. The largest absolute Gasteiger partial charge is 0.459 e. The summed E-state index contributed by atoms with van der Waals surface area (Å²) < 4.78 is 6.50. The van der Waals surface area contributed by atoms with Gasteiger partial charge in [-0.1, -0.05) is 17.4 Å². The number of carbonyl (C=O) groups is 2. The van der Waals surface area contributed by atoms with Crippen molar-refractivity contribution in [3.05, 3.63) is 44.8 Å². The van der Waals surface area contributed by atoms with Gasteiger partial charge in [-0.05, 0) is 33.8 Å². The van der Waals surface area contributed by atoms with E-state index in [9.17, 15) is 14.4 Å². The number of hydrogen-bond acceptors (Lipinski definition) is 6. The Kier molecular flexibility index (Phi) is 5.50. The highest BCUT2D eigenvalue weighted by Gasteiger charge is 2.19. The van der Waals surface area contributed by atoms with Crippen molar-refractivity contribution < 1.29 is 14.3 Å². The zero-order chi connectivity index (χ0) is 17.9. The van der Waals surface area contributed by atoms with Gasteiger partial charge in [-0.2, -0.15) is 0 Å². The Morgan fingerprint density at radius 2 is 2.04 bits per heavy atom. The molecule has 0 bridgehead atoms. The number of nitrogens with zero attached hydrogens (tertiary/aromatic N) is 2. The molecule has 0 unspecified atom stereocenters. The van der Waals surface area contributed by atoms with E-state index in [0.717, 1.165) is 11.3 Å². The summed E-state index contributed by atoms with van der Waals surface area (Å²) in [5.41, 5.74) is 0.935. The van der Waals surface area contributed by atoms with Crippen LogP contribution in [0.4, 0.5) is 5.13 Å². The molecule has 0 aliphatic heterocycles. The molecule has 0 saturated carbocycles. The molecule has 1 amide bonds. The third-order valence-corrected chi connectivity index (χ3v) is 4.19. The van der Waals surface area contributed by atoms with Crippen LogP contribution in [0.25, 0.3) is 0 Å². The number of hydrogen-bond donors (Lipinski definition) is 1. The van der Waals surface area contributed by atoms with Gasteiger partial charge in [0.25, 0.3) is 5.56 Å². The van der Waals surface area contributed by atoms with Gasteiger partial charge in [0.1, 0.15) is 11.4 Å². The first kappa shape index (κ1) is 17.9. The maximum absolute atomic E-state index is 12.1. The Hall–Kier alpha value is -2.48. The lowest BCUT2D eigenvalue weighted by molar-refractivity contribution is -0.116. The summed E-state index contributed by atoms with van der Waals surface area (Å²) in [5.74, 6) is -0.848. The van der Waals surface area contributed by atoms with Gasteiger partial charge in [0.05, 0.1) is 11.8 Å². The lowest BCUT2D eigenvalue weighted by atomic mass is 10.3. The van der Waals surface area contributed by atoms with Crippen LogP contribution >= 0.6 is 11.3 Å². The number of nitrogens with one attached hydrogen (secondary N) is 1. The standard InChI is InChI=1S/C16H19N3O4S/c1-9(2)23-15(22)14-11(4)17-16(24-14)18-12(20)8-19-10(3)6-5-7-13(19)21/h5-7,9H,8H2,1-4H3,(H,17,18,20). The van der Waals surface area contributed by atoms with Crippen molar-refractivity contribution in [1.29, 1.82) is 0 Å². The molecule has 2 aromatic rings. The first-order chi connectivity index (χ1) is 11.3. The molecule has 8 heteroatoms. The highest BCUT2D eigenvalue weighted by molar-refractivity contribution is 7.17. The van der Waals surface area contributed by atoms with Crippen LogP contribution < -0.4 is 10.9 Å². The van der Waals surface area contributed by atoms with Gasteiger partial charge in [0, 0.05) is 11.8 Å². The van der Waals surface area contributed by atoms with Crippen LogP contribution in [0.1, 0.15) is 34.9 Å². The van der Waals surface area contributed by atoms with Crippen molar-refractivity contribution in [2.75, 3.05) is 5.32 Å². The topological polar surface area (TPSA) is 90.3 Å². The molecule has 1 N–H and O–H groups in total. The Labute approximate surface area is 143 Å². The number of ether oxygens (including phenoxy) is 1. The minimum Gasteiger partial charge on any atom is -0.459 e. The Morgan fingerprint density at radius 3 is 2.67 bits per heavy atom. The van der Waals surface area contributed by atoms with E-state index in [4.69, 9.17) is 4.74 Å². The number of anilines is 1. The van der Waals surface area contributed by atoms with E-state index in [-0.39, 0.29) is 24.1 Å². The molecule has 0 spiro atoms. The molecule has 128 valence electrons. The van der Waals surface area contributed by atoms with E-state index in [1.165, 1.54) is 10.6 Å². The van der Waals surface area contributed by atoms with Crippen molar-refractivity contribution in [3.8, 4) is 0 Å². The monoisotopic (exact) mass is 349 g/mol. The fraction of sp³-hybridized carbons (Fsp3) is 0.375. The van der Waals surface area contributed by atoms with Gasteiger partial charge in [0.15, 0.2) is 5.13 Å². The zero-order valence-corrected chi connectivity index (χ0v) is 14.8. The Bertz CT molecular complexity index is 823. The fourth-order valence-corrected chi connectivity index (χ4v) is 2.90. The molecule has 2 aromatic heterocycles. The van der Waals surface area contributed by atoms with E-state index < -0.39 is 5.97 Å². The summed E-state index contributed by atoms with van der Waals surface area (Å²) in [5, 5.41) is 2.92. The number of aromatic nitrogens is 2. The maximum Gasteiger partial charge on any atom is 0.350 e. The zero-order valence-electron chi connectivity index (χ0n) is 14.0. The van der Waals surface area contributed by atoms with Crippen LogP contribution in [0.15, 0.2) is 23.0 Å². The van der Waals surface area contributed by atoms with Crippen LogP contribution in [-0.2, 0) is 16.1 Å². The third kappa shape index (κ3) is 4.29. The fourth-order valence-electron chi connectivity index (χ4n) is 2.04. The van der Waals surface area contributed by atoms with Crippen molar-refractivity contribution in [2.24, 2.45) is 0 Å². The minimum atomic E-state index is -0.462. The molecule has 0 fully saturated rings. The molecule has 0 aliphatic carbocycles. The second kappa shape index (κ2) is 7.39. The highest BCUT2D eigenvalue weighted by Crippen LogP contribution is 2.23. The normalized spacial score (nSPS) is 10.7. The van der Waals surface area contributed by atoms with Crippen LogP contribution in [0, 0.1) is 13.8 Å². The second-order valence-electron chi connectivity index (χ2n) is 5.53. The maximum atomic E-state index is 12.1. The van der Waals surface area contributed by atoms with Crippen LogP contribution in [0.5, 0.6) is 0 Å². The number of thiazole rings is 1. The van der Waals surface area contributed by atoms with Gasteiger partial charge in [-0.15, -0.1) is 0 Å². The minimum absolute atomic E-state index is 0.115. The lowest BCUT2D eigenvalue weighted by Gasteiger charge is -2.08. The lowest BCUT2D eigenvalue weighted by Crippen LogP contribution is -2.28. The van der Waals surface area contributed by atoms with Crippen molar-refractivity contribution in [3.63, 3.8) is 0 Å². The number of amides is 1. The van der Waals surface area contributed by atoms with Crippen molar-refractivity contribution in [1.82, 2.24) is 9.55 Å². The van der Waals surface area contributed by atoms with E-state index in [1.54, 1.807) is 39.8 Å². The van der Waals surface area contributed by atoms with E-state index >= 15 is 0 Å². The first-order valence-electron chi connectivity index (χ1n) is 7.42. The van der Waals surface area contributed by atoms with Crippen LogP contribution in [0.3, 0.4) is 0 Å². The summed E-state index contributed by atoms with van der Waals surface area (Å²) in [6, 6.07) is 4.79. The predicted octanol–water partition coefficient (Wildman–Crippen LogP) is 2.13. The average molecular weight is 349 g/mol. The quantitative estimate of drug-likeness (QED) is 0.835. The predicted molar refractivity (Wildman–Crippen MR) is 91.5 cm³/mol. The van der Waals surface area contributed by atoms with E-state index in [0.29, 0.717) is 21.4 Å². The summed E-state index contributed by atoms with van der Waals surface area (Å²) in [4.78, 5) is 40.4. The van der Waals surface area contributed by atoms with E-state index in [1.807, 2.05) is 0 Å². The van der Waals surface area contributed by atoms with Gasteiger partial charge in [-0.25, -0.2) is 9.78 Å². The number of carbonyl (C=O) groups excluding carboxylic acids is 2. The average Bonchev–Trinajstić information content (AvgIpc) is 2.83. The summed E-state index contributed by atoms with van der Waals surface area (Å²) in [6.45, 7) is 6.83. The molecule has 0 atom stereocenters. The van der Waals surface area contributed by atoms with Crippen LogP contribution in [-0.4, -0.2) is 27.5 Å². The number of aryl methyl sites for hydroxylation is 2. The molecule has 2 heterocycles. The molecule has 0 saturated heterocycles. The molecular weight excluding hydrogens is 330 g/mol. The number of pyridine rings is 1. The van der Waals surface area contributed by atoms with Gasteiger partial charge < -0.3 is 14.6 Å². The van der Waals surface area contributed by atoms with Crippen molar-refractivity contribution in [2.45, 2.75) is 40.3 Å². The Balaban J connectivity index is 2.10. The van der Waals surface area contributed by atoms with Gasteiger partial charge in [-0.3, -0.25) is 9.59 Å².